The Morgan fingerprint density at radius 2 is 2.11 bits per heavy atom. The lowest BCUT2D eigenvalue weighted by molar-refractivity contribution is -0.153. The molecule has 2 heterocycles. The Morgan fingerprint density at radius 1 is 1.26 bits per heavy atom. The van der Waals surface area contributed by atoms with Gasteiger partial charge in [0, 0.05) is 13.7 Å². The molecule has 5 atom stereocenters. The first-order valence-electron chi connectivity index (χ1n) is 7.20. The minimum Gasteiger partial charge on any atom is -0.390 e. The Morgan fingerprint density at radius 3 is 2.84 bits per heavy atom. The molecule has 2 bridgehead atoms. The quantitative estimate of drug-likeness (QED) is 0.520. The van der Waals surface area contributed by atoms with E-state index in [2.05, 4.69) is 10.6 Å². The fraction of sp³-hybridized carbons (Fsp3) is 1.00. The maximum Gasteiger partial charge on any atom is 0.176 e. The van der Waals surface area contributed by atoms with Gasteiger partial charge in [-0.1, -0.05) is 0 Å². The normalized spacial score (nSPS) is 41.7. The molecule has 0 aromatic heterocycles. The van der Waals surface area contributed by atoms with Gasteiger partial charge in [-0.3, -0.25) is 0 Å². The molecule has 2 saturated heterocycles. The number of methoxy groups -OCH3 is 1. The van der Waals surface area contributed by atoms with Crippen LogP contribution in [-0.2, 0) is 14.2 Å². The number of ether oxygens (including phenoxy) is 3. The molecule has 2 aliphatic heterocycles. The third-order valence-corrected chi connectivity index (χ3v) is 4.19. The molecule has 3 N–H and O–H groups in total. The molecule has 6 nitrogen and oxygen atoms in total. The first-order chi connectivity index (χ1) is 9.29. The second-order valence-electron chi connectivity index (χ2n) is 5.72. The van der Waals surface area contributed by atoms with Crippen LogP contribution in [0.2, 0.25) is 0 Å². The number of aliphatic hydroxyl groups excluding tert-OH is 1. The van der Waals surface area contributed by atoms with Crippen LogP contribution in [-0.4, -0.2) is 69.1 Å². The number of aliphatic hydroxyl groups is 1. The van der Waals surface area contributed by atoms with Gasteiger partial charge in [0.2, 0.25) is 0 Å². The first-order valence-corrected chi connectivity index (χ1v) is 7.20. The van der Waals surface area contributed by atoms with Gasteiger partial charge in [-0.25, -0.2) is 0 Å². The summed E-state index contributed by atoms with van der Waals surface area (Å²) in [6.45, 7) is 2.82. The van der Waals surface area contributed by atoms with Gasteiger partial charge in [0.1, 0.15) is 6.10 Å². The smallest absolute Gasteiger partial charge is 0.176 e. The molecule has 0 aromatic carbocycles. The fourth-order valence-electron chi connectivity index (χ4n) is 2.84. The SMILES string of the molecule is COCCN[C@H]1[C@@H]2OC[C@@H](O2)[C@@H](NCC2CC2)[C@@H]1O. The molecule has 0 aromatic rings. The van der Waals surface area contributed by atoms with Crippen molar-refractivity contribution in [1.82, 2.24) is 10.6 Å². The van der Waals surface area contributed by atoms with Crippen molar-refractivity contribution in [3.05, 3.63) is 0 Å². The van der Waals surface area contributed by atoms with E-state index in [1.807, 2.05) is 0 Å². The number of rotatable bonds is 7. The molecule has 3 aliphatic rings. The average molecular weight is 272 g/mol. The summed E-state index contributed by atoms with van der Waals surface area (Å²) in [5, 5.41) is 17.2. The summed E-state index contributed by atoms with van der Waals surface area (Å²) in [5.41, 5.74) is 0. The molecular weight excluding hydrogens is 248 g/mol. The van der Waals surface area contributed by atoms with Crippen molar-refractivity contribution < 1.29 is 19.3 Å². The van der Waals surface area contributed by atoms with Crippen molar-refractivity contribution in [2.75, 3.05) is 33.4 Å². The lowest BCUT2D eigenvalue weighted by atomic mass is 9.96. The third kappa shape index (κ3) is 3.09. The predicted molar refractivity (Wildman–Crippen MR) is 68.8 cm³/mol. The van der Waals surface area contributed by atoms with Crippen LogP contribution >= 0.6 is 0 Å². The van der Waals surface area contributed by atoms with Crippen molar-refractivity contribution in [2.45, 2.75) is 43.4 Å². The highest BCUT2D eigenvalue weighted by atomic mass is 16.7. The van der Waals surface area contributed by atoms with Crippen molar-refractivity contribution >= 4 is 0 Å². The Bertz CT molecular complexity index is 300. The summed E-state index contributed by atoms with van der Waals surface area (Å²) >= 11 is 0. The van der Waals surface area contributed by atoms with Crippen molar-refractivity contribution in [3.8, 4) is 0 Å². The highest BCUT2D eigenvalue weighted by Gasteiger charge is 2.49. The van der Waals surface area contributed by atoms with Gasteiger partial charge < -0.3 is 30.0 Å². The molecule has 0 spiro atoms. The van der Waals surface area contributed by atoms with Gasteiger partial charge in [0.25, 0.3) is 0 Å². The Balaban J connectivity index is 1.56. The van der Waals surface area contributed by atoms with Crippen LogP contribution in [0.5, 0.6) is 0 Å². The molecule has 0 unspecified atom stereocenters. The molecule has 3 rings (SSSR count). The highest BCUT2D eigenvalue weighted by molar-refractivity contribution is 5.01. The van der Waals surface area contributed by atoms with Gasteiger partial charge in [0.05, 0.1) is 31.4 Å². The van der Waals surface area contributed by atoms with Crippen LogP contribution in [0.25, 0.3) is 0 Å². The minimum atomic E-state index is -0.484. The summed E-state index contributed by atoms with van der Waals surface area (Å²) in [6.07, 6.45) is 1.75. The van der Waals surface area contributed by atoms with E-state index in [9.17, 15) is 5.11 Å². The van der Waals surface area contributed by atoms with E-state index in [0.717, 1.165) is 12.5 Å². The summed E-state index contributed by atoms with van der Waals surface area (Å²) in [7, 11) is 1.66. The molecule has 3 fully saturated rings. The monoisotopic (exact) mass is 272 g/mol. The van der Waals surface area contributed by atoms with Gasteiger partial charge in [-0.15, -0.1) is 0 Å². The molecule has 1 saturated carbocycles. The molecule has 19 heavy (non-hydrogen) atoms. The fourth-order valence-corrected chi connectivity index (χ4v) is 2.84. The molecule has 0 amide bonds. The molecular formula is C13H24N2O4. The van der Waals surface area contributed by atoms with Crippen molar-refractivity contribution in [3.63, 3.8) is 0 Å². The summed E-state index contributed by atoms with van der Waals surface area (Å²) in [5.74, 6) is 0.784. The second kappa shape index (κ2) is 6.03. The number of hydrogen-bond acceptors (Lipinski definition) is 6. The van der Waals surface area contributed by atoms with Crippen LogP contribution in [0.1, 0.15) is 12.8 Å². The van der Waals surface area contributed by atoms with Gasteiger partial charge in [0.15, 0.2) is 6.29 Å². The van der Waals surface area contributed by atoms with E-state index < -0.39 is 6.10 Å². The number of nitrogens with one attached hydrogen (secondary N) is 2. The topological polar surface area (TPSA) is 72.0 Å². The van der Waals surface area contributed by atoms with Crippen LogP contribution in [0.4, 0.5) is 0 Å². The van der Waals surface area contributed by atoms with Crippen LogP contribution in [0, 0.1) is 5.92 Å². The Labute approximate surface area is 113 Å². The maximum absolute atomic E-state index is 10.5. The lowest BCUT2D eigenvalue weighted by Crippen LogP contribution is -2.64. The molecule has 6 heteroatoms. The van der Waals surface area contributed by atoms with E-state index in [1.54, 1.807) is 7.11 Å². The first kappa shape index (κ1) is 13.7. The molecule has 110 valence electrons. The van der Waals surface area contributed by atoms with Gasteiger partial charge in [-0.05, 0) is 25.3 Å². The van der Waals surface area contributed by atoms with E-state index >= 15 is 0 Å². The number of hydrogen-bond donors (Lipinski definition) is 3. The Kier molecular flexibility index (Phi) is 4.36. The zero-order valence-electron chi connectivity index (χ0n) is 11.4. The average Bonchev–Trinajstić information content (AvgIpc) is 3.13. The van der Waals surface area contributed by atoms with E-state index in [1.165, 1.54) is 12.8 Å². The van der Waals surface area contributed by atoms with Crippen LogP contribution in [0.15, 0.2) is 0 Å². The predicted octanol–water partition coefficient (Wildman–Crippen LogP) is -0.925. The number of fused-ring (bicyclic) bond motifs is 2. The third-order valence-electron chi connectivity index (χ3n) is 4.19. The zero-order chi connectivity index (χ0) is 13.2. The second-order valence-corrected chi connectivity index (χ2v) is 5.72. The zero-order valence-corrected chi connectivity index (χ0v) is 11.4. The van der Waals surface area contributed by atoms with Crippen LogP contribution in [0.3, 0.4) is 0 Å². The summed E-state index contributed by atoms with van der Waals surface area (Å²) in [6, 6.07) is -0.231. The summed E-state index contributed by atoms with van der Waals surface area (Å²) < 4.78 is 16.5. The van der Waals surface area contributed by atoms with Crippen molar-refractivity contribution in [1.29, 1.82) is 0 Å². The minimum absolute atomic E-state index is 0.0285. The van der Waals surface area contributed by atoms with E-state index in [4.69, 9.17) is 14.2 Å². The van der Waals surface area contributed by atoms with E-state index in [-0.39, 0.29) is 24.5 Å². The highest BCUT2D eigenvalue weighted by Crippen LogP contribution is 2.31. The van der Waals surface area contributed by atoms with Crippen molar-refractivity contribution in [2.24, 2.45) is 5.92 Å². The molecule has 1 aliphatic carbocycles. The van der Waals surface area contributed by atoms with Gasteiger partial charge >= 0.3 is 0 Å². The lowest BCUT2D eigenvalue weighted by Gasteiger charge is -2.39. The Hall–Kier alpha value is -0.240. The standard InChI is InChI=1S/C13H24N2O4/c1-17-5-4-14-11-12(16)10(15-6-8-2-3-8)9-7-18-13(11)19-9/h8-16H,2-7H2,1H3/t9-,10-,11-,12+,13-/m1/s1. The maximum atomic E-state index is 10.5. The van der Waals surface area contributed by atoms with E-state index in [0.29, 0.717) is 19.8 Å². The molecule has 0 radical (unpaired) electrons. The van der Waals surface area contributed by atoms with Gasteiger partial charge in [-0.2, -0.15) is 0 Å². The largest absolute Gasteiger partial charge is 0.390 e. The summed E-state index contributed by atoms with van der Waals surface area (Å²) in [4.78, 5) is 0. The van der Waals surface area contributed by atoms with Crippen LogP contribution < -0.4 is 10.6 Å².